The average molecular weight is 378 g/mol. The van der Waals surface area contributed by atoms with Crippen molar-refractivity contribution < 1.29 is 14.3 Å². The lowest BCUT2D eigenvalue weighted by Crippen LogP contribution is -2.30. The number of nitrogens with one attached hydrogen (secondary N) is 2. The minimum Gasteiger partial charge on any atom is -0.448 e. The van der Waals surface area contributed by atoms with Crippen molar-refractivity contribution in [2.75, 3.05) is 5.32 Å². The van der Waals surface area contributed by atoms with Crippen LogP contribution in [0.15, 0.2) is 42.5 Å². The van der Waals surface area contributed by atoms with Crippen molar-refractivity contribution in [3.8, 4) is 0 Å². The van der Waals surface area contributed by atoms with E-state index in [1.165, 1.54) is 13.0 Å². The van der Waals surface area contributed by atoms with Gasteiger partial charge in [0.15, 0.2) is 11.8 Å². The smallest absolute Gasteiger partial charge is 0.360 e. The number of hydrogen-bond donors (Lipinski definition) is 2. The molecule has 2 aromatic carbocycles. The number of para-hydroxylation sites is 1. The SMILES string of the molecule is CC(OC(=O)c1n[nH]c2ccccc12)C(=O)Nc1ccc(Cl)cc1Cl. The van der Waals surface area contributed by atoms with Gasteiger partial charge in [0.05, 0.1) is 16.2 Å². The van der Waals surface area contributed by atoms with Gasteiger partial charge in [0.1, 0.15) is 0 Å². The largest absolute Gasteiger partial charge is 0.448 e. The molecular formula is C17H13Cl2N3O3. The third-order valence-corrected chi connectivity index (χ3v) is 4.05. The number of hydrogen-bond acceptors (Lipinski definition) is 4. The molecule has 3 aromatic rings. The van der Waals surface area contributed by atoms with Gasteiger partial charge in [0.25, 0.3) is 5.91 Å². The maximum Gasteiger partial charge on any atom is 0.360 e. The van der Waals surface area contributed by atoms with E-state index in [4.69, 9.17) is 27.9 Å². The molecule has 0 saturated carbocycles. The van der Waals surface area contributed by atoms with Crippen LogP contribution in [0.1, 0.15) is 17.4 Å². The van der Waals surface area contributed by atoms with Crippen molar-refractivity contribution >= 4 is 51.7 Å². The molecule has 1 unspecified atom stereocenters. The molecule has 1 aromatic heterocycles. The van der Waals surface area contributed by atoms with Gasteiger partial charge in [-0.05, 0) is 31.2 Å². The Balaban J connectivity index is 1.69. The Morgan fingerprint density at radius 2 is 1.96 bits per heavy atom. The van der Waals surface area contributed by atoms with Crippen LogP contribution in [-0.2, 0) is 9.53 Å². The summed E-state index contributed by atoms with van der Waals surface area (Å²) in [6.45, 7) is 1.46. The number of carbonyl (C=O) groups excluding carboxylic acids is 2. The molecule has 2 N–H and O–H groups in total. The van der Waals surface area contributed by atoms with E-state index >= 15 is 0 Å². The number of amides is 1. The molecule has 0 saturated heterocycles. The summed E-state index contributed by atoms with van der Waals surface area (Å²) in [4.78, 5) is 24.5. The van der Waals surface area contributed by atoms with E-state index in [-0.39, 0.29) is 10.7 Å². The summed E-state index contributed by atoms with van der Waals surface area (Å²) in [6, 6.07) is 11.8. The lowest BCUT2D eigenvalue weighted by Gasteiger charge is -2.13. The van der Waals surface area contributed by atoms with Crippen LogP contribution in [0.3, 0.4) is 0 Å². The monoisotopic (exact) mass is 377 g/mol. The molecule has 1 heterocycles. The first kappa shape index (κ1) is 17.3. The van der Waals surface area contributed by atoms with Gasteiger partial charge in [-0.2, -0.15) is 5.10 Å². The summed E-state index contributed by atoms with van der Waals surface area (Å²) in [5.74, 6) is -1.21. The van der Waals surface area contributed by atoms with Gasteiger partial charge >= 0.3 is 5.97 Å². The molecule has 0 aliphatic rings. The van der Waals surface area contributed by atoms with Crippen LogP contribution < -0.4 is 5.32 Å². The highest BCUT2D eigenvalue weighted by atomic mass is 35.5. The van der Waals surface area contributed by atoms with Crippen molar-refractivity contribution in [2.45, 2.75) is 13.0 Å². The van der Waals surface area contributed by atoms with Crippen molar-refractivity contribution in [1.29, 1.82) is 0 Å². The molecule has 6 nitrogen and oxygen atoms in total. The van der Waals surface area contributed by atoms with Crippen LogP contribution in [0.5, 0.6) is 0 Å². The lowest BCUT2D eigenvalue weighted by molar-refractivity contribution is -0.123. The number of benzene rings is 2. The molecule has 0 spiro atoms. The van der Waals surface area contributed by atoms with Crippen molar-refractivity contribution in [2.24, 2.45) is 0 Å². The molecule has 0 fully saturated rings. The minimum atomic E-state index is -1.03. The Kier molecular flexibility index (Phi) is 4.92. The quantitative estimate of drug-likeness (QED) is 0.671. The molecule has 25 heavy (non-hydrogen) atoms. The minimum absolute atomic E-state index is 0.125. The summed E-state index contributed by atoms with van der Waals surface area (Å²) in [5.41, 5.74) is 1.21. The normalized spacial score (nSPS) is 12.0. The molecule has 0 bridgehead atoms. The van der Waals surface area contributed by atoms with Gasteiger partial charge in [-0.15, -0.1) is 0 Å². The number of halogens is 2. The van der Waals surface area contributed by atoms with Crippen molar-refractivity contribution in [3.63, 3.8) is 0 Å². The molecule has 1 atom stereocenters. The summed E-state index contributed by atoms with van der Waals surface area (Å²) >= 11 is 11.8. The van der Waals surface area contributed by atoms with Gasteiger partial charge in [0.2, 0.25) is 0 Å². The third kappa shape index (κ3) is 3.75. The number of ether oxygens (including phenoxy) is 1. The number of aromatic nitrogens is 2. The average Bonchev–Trinajstić information content (AvgIpc) is 3.01. The molecule has 0 aliphatic heterocycles. The van der Waals surface area contributed by atoms with E-state index in [9.17, 15) is 9.59 Å². The predicted octanol–water partition coefficient (Wildman–Crippen LogP) is 4.05. The Morgan fingerprint density at radius 1 is 1.20 bits per heavy atom. The lowest BCUT2D eigenvalue weighted by atomic mass is 10.2. The highest BCUT2D eigenvalue weighted by molar-refractivity contribution is 6.36. The van der Waals surface area contributed by atoms with Crippen LogP contribution in [-0.4, -0.2) is 28.2 Å². The third-order valence-electron chi connectivity index (χ3n) is 3.51. The van der Waals surface area contributed by atoms with Gasteiger partial charge in [-0.25, -0.2) is 4.79 Å². The van der Waals surface area contributed by atoms with E-state index in [0.717, 1.165) is 0 Å². The molecule has 3 rings (SSSR count). The van der Waals surface area contributed by atoms with E-state index in [2.05, 4.69) is 15.5 Å². The molecular weight excluding hydrogens is 365 g/mol. The number of rotatable bonds is 4. The van der Waals surface area contributed by atoms with Crippen LogP contribution in [0, 0.1) is 0 Å². The van der Waals surface area contributed by atoms with Crippen LogP contribution >= 0.6 is 23.2 Å². The Hall–Kier alpha value is -2.57. The highest BCUT2D eigenvalue weighted by Gasteiger charge is 2.22. The number of fused-ring (bicyclic) bond motifs is 1. The molecule has 8 heteroatoms. The Bertz CT molecular complexity index is 955. The first-order valence-corrected chi connectivity index (χ1v) is 8.11. The van der Waals surface area contributed by atoms with E-state index in [0.29, 0.717) is 21.6 Å². The van der Waals surface area contributed by atoms with E-state index in [1.54, 1.807) is 30.3 Å². The van der Waals surface area contributed by atoms with E-state index < -0.39 is 18.0 Å². The van der Waals surface area contributed by atoms with E-state index in [1.807, 2.05) is 6.07 Å². The Labute approximate surface area is 153 Å². The first-order valence-electron chi connectivity index (χ1n) is 7.35. The maximum atomic E-state index is 12.3. The molecule has 0 radical (unpaired) electrons. The second-order valence-corrected chi connectivity index (χ2v) is 6.12. The van der Waals surface area contributed by atoms with Gasteiger partial charge in [-0.3, -0.25) is 9.89 Å². The molecule has 0 aliphatic carbocycles. The van der Waals surface area contributed by atoms with Gasteiger partial charge < -0.3 is 10.1 Å². The zero-order valence-corrected chi connectivity index (χ0v) is 14.6. The summed E-state index contributed by atoms with van der Waals surface area (Å²) < 4.78 is 5.20. The fourth-order valence-corrected chi connectivity index (χ4v) is 2.67. The van der Waals surface area contributed by atoms with Gasteiger partial charge in [0, 0.05) is 10.4 Å². The zero-order valence-electron chi connectivity index (χ0n) is 13.0. The number of nitrogens with zero attached hydrogens (tertiary/aromatic N) is 1. The fourth-order valence-electron chi connectivity index (χ4n) is 2.21. The second-order valence-electron chi connectivity index (χ2n) is 5.28. The topological polar surface area (TPSA) is 84.1 Å². The number of aromatic amines is 1. The molecule has 1 amide bonds. The standard InChI is InChI=1S/C17H13Cl2N3O3/c1-9(16(23)20-14-7-6-10(18)8-12(14)19)25-17(24)15-11-4-2-3-5-13(11)21-22-15/h2-9H,1H3,(H,20,23)(H,21,22). The van der Waals surface area contributed by atoms with Crippen molar-refractivity contribution in [3.05, 3.63) is 58.2 Å². The van der Waals surface area contributed by atoms with Crippen molar-refractivity contribution in [1.82, 2.24) is 10.2 Å². The van der Waals surface area contributed by atoms with Crippen LogP contribution in [0.25, 0.3) is 10.9 Å². The molecule has 128 valence electrons. The zero-order chi connectivity index (χ0) is 18.0. The second kappa shape index (κ2) is 7.13. The van der Waals surface area contributed by atoms with Crippen LogP contribution in [0.2, 0.25) is 10.0 Å². The number of carbonyl (C=O) groups is 2. The Morgan fingerprint density at radius 3 is 2.72 bits per heavy atom. The number of anilines is 1. The summed E-state index contributed by atoms with van der Waals surface area (Å²) in [7, 11) is 0. The first-order chi connectivity index (χ1) is 12.0. The van der Waals surface area contributed by atoms with Gasteiger partial charge in [-0.1, -0.05) is 41.4 Å². The van der Waals surface area contributed by atoms with Crippen LogP contribution in [0.4, 0.5) is 5.69 Å². The predicted molar refractivity (Wildman–Crippen MR) is 96.1 cm³/mol. The fraction of sp³-hybridized carbons (Fsp3) is 0.118. The maximum absolute atomic E-state index is 12.3. The summed E-state index contributed by atoms with van der Waals surface area (Å²) in [6.07, 6.45) is -1.03. The number of H-pyrrole nitrogens is 1. The number of esters is 1. The highest BCUT2D eigenvalue weighted by Crippen LogP contribution is 2.25. The summed E-state index contributed by atoms with van der Waals surface area (Å²) in [5, 5.41) is 10.6.